The summed E-state index contributed by atoms with van der Waals surface area (Å²) >= 11 is 1.43. The minimum atomic E-state index is -0.298. The molecule has 1 amide bonds. The van der Waals surface area contributed by atoms with Crippen molar-refractivity contribution >= 4 is 17.2 Å². The first-order valence-electron chi connectivity index (χ1n) is 8.07. The van der Waals surface area contributed by atoms with E-state index in [4.69, 9.17) is 4.52 Å². The number of hydrogen-bond donors (Lipinski definition) is 0. The maximum Gasteiger partial charge on any atom is 0.264 e. The highest BCUT2D eigenvalue weighted by Gasteiger charge is 2.20. The average Bonchev–Trinajstić information content (AvgIpc) is 3.25. The molecule has 0 N–H and O–H groups in total. The van der Waals surface area contributed by atoms with Crippen LogP contribution in [-0.2, 0) is 6.54 Å². The van der Waals surface area contributed by atoms with Gasteiger partial charge in [-0.2, -0.15) is 0 Å². The number of aromatic nitrogens is 1. The Morgan fingerprint density at radius 3 is 2.68 bits per heavy atom. The topological polar surface area (TPSA) is 46.3 Å². The molecule has 4 nitrogen and oxygen atoms in total. The first kappa shape index (κ1) is 17.4. The Morgan fingerprint density at radius 1 is 1.28 bits per heavy atom. The van der Waals surface area contributed by atoms with Gasteiger partial charge in [-0.1, -0.05) is 25.1 Å². The van der Waals surface area contributed by atoms with Crippen molar-refractivity contribution in [3.63, 3.8) is 0 Å². The van der Waals surface area contributed by atoms with Crippen LogP contribution >= 0.6 is 11.3 Å². The predicted molar refractivity (Wildman–Crippen MR) is 95.8 cm³/mol. The van der Waals surface area contributed by atoms with Crippen molar-refractivity contribution < 1.29 is 13.7 Å². The number of amides is 1. The van der Waals surface area contributed by atoms with E-state index in [0.29, 0.717) is 35.3 Å². The molecule has 0 atom stereocenters. The van der Waals surface area contributed by atoms with Gasteiger partial charge in [0.15, 0.2) is 5.76 Å². The number of carbonyl (C=O) groups excluding carboxylic acids is 1. The maximum atomic E-state index is 13.0. The predicted octanol–water partition coefficient (Wildman–Crippen LogP) is 4.84. The van der Waals surface area contributed by atoms with Crippen LogP contribution in [0.4, 0.5) is 4.39 Å². The van der Waals surface area contributed by atoms with Crippen molar-refractivity contribution in [1.29, 1.82) is 0 Å². The number of halogens is 1. The molecular formula is C19H19FN2O2S. The van der Waals surface area contributed by atoms with Gasteiger partial charge in [-0.05, 0) is 41.6 Å². The van der Waals surface area contributed by atoms with Gasteiger partial charge in [0, 0.05) is 18.2 Å². The highest BCUT2D eigenvalue weighted by atomic mass is 32.1. The molecule has 3 aromatic rings. The Morgan fingerprint density at radius 2 is 2.04 bits per heavy atom. The second-order valence-electron chi connectivity index (χ2n) is 6.25. The smallest absolute Gasteiger partial charge is 0.264 e. The van der Waals surface area contributed by atoms with Crippen molar-refractivity contribution in [2.45, 2.75) is 20.4 Å². The van der Waals surface area contributed by atoms with E-state index in [-0.39, 0.29) is 11.7 Å². The Kier molecular flexibility index (Phi) is 5.28. The molecule has 0 fully saturated rings. The molecule has 0 spiro atoms. The van der Waals surface area contributed by atoms with Crippen LogP contribution in [0.2, 0.25) is 0 Å². The first-order chi connectivity index (χ1) is 12.0. The van der Waals surface area contributed by atoms with Crippen LogP contribution < -0.4 is 0 Å². The van der Waals surface area contributed by atoms with Gasteiger partial charge in [-0.15, -0.1) is 11.3 Å². The fourth-order valence-electron chi connectivity index (χ4n) is 2.55. The summed E-state index contributed by atoms with van der Waals surface area (Å²) in [5.74, 6) is 0.596. The van der Waals surface area contributed by atoms with E-state index in [1.165, 1.54) is 23.5 Å². The van der Waals surface area contributed by atoms with E-state index in [0.717, 1.165) is 5.56 Å². The molecule has 1 aromatic carbocycles. The van der Waals surface area contributed by atoms with Crippen LogP contribution in [0.25, 0.3) is 11.3 Å². The van der Waals surface area contributed by atoms with Gasteiger partial charge in [0.1, 0.15) is 11.5 Å². The van der Waals surface area contributed by atoms with Gasteiger partial charge in [0.2, 0.25) is 0 Å². The monoisotopic (exact) mass is 358 g/mol. The summed E-state index contributed by atoms with van der Waals surface area (Å²) in [6.07, 6.45) is 0. The van der Waals surface area contributed by atoms with Gasteiger partial charge >= 0.3 is 0 Å². The Hall–Kier alpha value is -2.47. The lowest BCUT2D eigenvalue weighted by Crippen LogP contribution is -2.33. The fourth-order valence-corrected chi connectivity index (χ4v) is 3.24. The Balaban J connectivity index is 1.78. The lowest BCUT2D eigenvalue weighted by atomic mass is 10.1. The minimum Gasteiger partial charge on any atom is -0.356 e. The summed E-state index contributed by atoms with van der Waals surface area (Å²) in [6, 6.07) is 11.5. The van der Waals surface area contributed by atoms with Crippen LogP contribution in [0.15, 0.2) is 52.4 Å². The second-order valence-corrected chi connectivity index (χ2v) is 7.19. The van der Waals surface area contributed by atoms with Crippen LogP contribution in [0.5, 0.6) is 0 Å². The van der Waals surface area contributed by atoms with E-state index in [9.17, 15) is 9.18 Å². The van der Waals surface area contributed by atoms with Crippen LogP contribution in [0.1, 0.15) is 29.2 Å². The zero-order valence-electron chi connectivity index (χ0n) is 14.1. The molecule has 0 aliphatic heterocycles. The largest absolute Gasteiger partial charge is 0.356 e. The van der Waals surface area contributed by atoms with E-state index >= 15 is 0 Å². The molecule has 0 unspecified atom stereocenters. The van der Waals surface area contributed by atoms with Crippen LogP contribution in [-0.4, -0.2) is 22.5 Å². The van der Waals surface area contributed by atoms with Gasteiger partial charge in [0.05, 0.1) is 11.4 Å². The number of benzene rings is 1. The lowest BCUT2D eigenvalue weighted by Gasteiger charge is -2.23. The molecular weight excluding hydrogens is 339 g/mol. The lowest BCUT2D eigenvalue weighted by molar-refractivity contribution is 0.0723. The number of carbonyl (C=O) groups is 1. The standard InChI is InChI=1S/C19H19FN2O2S/c1-13(2)11-22(19(23)18-4-3-9-25-18)12-16-10-17(24-21-16)14-5-7-15(20)8-6-14/h3-10,13H,11-12H2,1-2H3. The zero-order valence-corrected chi connectivity index (χ0v) is 14.9. The molecule has 0 saturated heterocycles. The van der Waals surface area contributed by atoms with E-state index < -0.39 is 0 Å². The van der Waals surface area contributed by atoms with E-state index in [2.05, 4.69) is 19.0 Å². The van der Waals surface area contributed by atoms with Gasteiger partial charge < -0.3 is 9.42 Å². The summed E-state index contributed by atoms with van der Waals surface area (Å²) in [4.78, 5) is 15.2. The van der Waals surface area contributed by atoms with Crippen LogP contribution in [0.3, 0.4) is 0 Å². The molecule has 3 rings (SSSR count). The van der Waals surface area contributed by atoms with Gasteiger partial charge in [-0.3, -0.25) is 4.79 Å². The molecule has 0 radical (unpaired) electrons. The molecule has 0 bridgehead atoms. The maximum absolute atomic E-state index is 13.0. The van der Waals surface area contributed by atoms with E-state index in [1.54, 1.807) is 23.1 Å². The normalized spacial score (nSPS) is 11.0. The molecule has 0 saturated carbocycles. The summed E-state index contributed by atoms with van der Waals surface area (Å²) in [5, 5.41) is 5.96. The third-order valence-corrected chi connectivity index (χ3v) is 4.50. The number of nitrogens with zero attached hydrogens (tertiary/aromatic N) is 2. The highest BCUT2D eigenvalue weighted by molar-refractivity contribution is 7.12. The van der Waals surface area contributed by atoms with Crippen molar-refractivity contribution in [1.82, 2.24) is 10.1 Å². The number of thiophene rings is 1. The molecule has 2 heterocycles. The van der Waals surface area contributed by atoms with Gasteiger partial charge in [0.25, 0.3) is 5.91 Å². The Labute approximate surface area is 149 Å². The van der Waals surface area contributed by atoms with Crippen molar-refractivity contribution in [2.24, 2.45) is 5.92 Å². The highest BCUT2D eigenvalue weighted by Crippen LogP contribution is 2.22. The summed E-state index contributed by atoms with van der Waals surface area (Å²) in [5.41, 5.74) is 1.42. The van der Waals surface area contributed by atoms with E-state index in [1.807, 2.05) is 17.5 Å². The quantitative estimate of drug-likeness (QED) is 0.633. The first-order valence-corrected chi connectivity index (χ1v) is 8.95. The number of hydrogen-bond acceptors (Lipinski definition) is 4. The second kappa shape index (κ2) is 7.61. The van der Waals surface area contributed by atoms with Crippen molar-refractivity contribution in [3.05, 3.63) is 64.2 Å². The SMILES string of the molecule is CC(C)CN(Cc1cc(-c2ccc(F)cc2)on1)C(=O)c1cccs1. The third-order valence-electron chi connectivity index (χ3n) is 3.65. The summed E-state index contributed by atoms with van der Waals surface area (Å²) < 4.78 is 18.4. The third kappa shape index (κ3) is 4.33. The Bertz CT molecular complexity index is 825. The van der Waals surface area contributed by atoms with Gasteiger partial charge in [-0.25, -0.2) is 4.39 Å². The van der Waals surface area contributed by atoms with Crippen molar-refractivity contribution in [2.75, 3.05) is 6.54 Å². The summed E-state index contributed by atoms with van der Waals surface area (Å²) in [7, 11) is 0. The molecule has 0 aliphatic rings. The van der Waals surface area contributed by atoms with Crippen LogP contribution in [0, 0.1) is 11.7 Å². The molecule has 0 aliphatic carbocycles. The molecule has 6 heteroatoms. The average molecular weight is 358 g/mol. The zero-order chi connectivity index (χ0) is 17.8. The fraction of sp³-hybridized carbons (Fsp3) is 0.263. The molecule has 25 heavy (non-hydrogen) atoms. The van der Waals surface area contributed by atoms with Crippen molar-refractivity contribution in [3.8, 4) is 11.3 Å². The molecule has 130 valence electrons. The minimum absolute atomic E-state index is 0.00460. The number of rotatable bonds is 6. The summed E-state index contributed by atoms with van der Waals surface area (Å²) in [6.45, 7) is 5.15. The molecule has 2 aromatic heterocycles.